The van der Waals surface area contributed by atoms with Gasteiger partial charge in [0.2, 0.25) is 5.91 Å². The number of amides is 2. The zero-order chi connectivity index (χ0) is 28.9. The van der Waals surface area contributed by atoms with Crippen molar-refractivity contribution in [2.75, 3.05) is 6.61 Å². The first-order valence-electron chi connectivity index (χ1n) is 12.4. The van der Waals surface area contributed by atoms with Gasteiger partial charge in [0.05, 0.1) is 18.0 Å². The Labute approximate surface area is 225 Å². The maximum absolute atomic E-state index is 13.2. The number of nitrogens with one attached hydrogen (secondary N) is 2. The molecule has 0 aromatic heterocycles. The Kier molecular flexibility index (Phi) is 11.9. The highest BCUT2D eigenvalue weighted by Crippen LogP contribution is 2.27. The van der Waals surface area contributed by atoms with Crippen molar-refractivity contribution >= 4 is 29.6 Å². The maximum Gasteiger partial charge on any atom is 0.408 e. The van der Waals surface area contributed by atoms with Gasteiger partial charge in [0.25, 0.3) is 5.69 Å². The minimum Gasteiger partial charge on any atom is -0.480 e. The third-order valence-corrected chi connectivity index (χ3v) is 5.72. The quantitative estimate of drug-likeness (QED) is 0.183. The number of nitro groups is 1. The van der Waals surface area contributed by atoms with Crippen LogP contribution in [0.5, 0.6) is 0 Å². The molecule has 0 aliphatic heterocycles. The van der Waals surface area contributed by atoms with Crippen molar-refractivity contribution in [1.82, 2.24) is 10.6 Å². The van der Waals surface area contributed by atoms with E-state index in [9.17, 15) is 34.4 Å². The Morgan fingerprint density at radius 1 is 0.974 bits per heavy atom. The lowest BCUT2D eigenvalue weighted by Gasteiger charge is -2.27. The molecule has 0 spiro atoms. The lowest BCUT2D eigenvalue weighted by atomic mass is 9.87. The van der Waals surface area contributed by atoms with Gasteiger partial charge in [0.15, 0.2) is 0 Å². The van der Waals surface area contributed by atoms with E-state index in [1.807, 2.05) is 19.9 Å². The molecule has 0 saturated heterocycles. The predicted octanol–water partition coefficient (Wildman–Crippen LogP) is 3.54. The van der Waals surface area contributed by atoms with Gasteiger partial charge in [0.1, 0.15) is 18.7 Å². The van der Waals surface area contributed by atoms with Gasteiger partial charge in [-0.3, -0.25) is 19.7 Å². The number of carbonyl (C=O) groups excluding carboxylic acids is 3. The third-order valence-electron chi connectivity index (χ3n) is 5.72. The molecule has 0 aliphatic carbocycles. The van der Waals surface area contributed by atoms with Crippen molar-refractivity contribution in [3.05, 3.63) is 75.8 Å². The number of carboxylic acid groups (broad SMARTS) is 1. The zero-order valence-electron chi connectivity index (χ0n) is 22.0. The number of carboxylic acids is 1. The molecule has 3 N–H and O–H groups in total. The van der Waals surface area contributed by atoms with E-state index in [1.54, 1.807) is 31.2 Å². The van der Waals surface area contributed by atoms with E-state index in [-0.39, 0.29) is 36.8 Å². The van der Waals surface area contributed by atoms with Gasteiger partial charge < -0.3 is 25.2 Å². The fourth-order valence-electron chi connectivity index (χ4n) is 3.87. The first-order valence-corrected chi connectivity index (χ1v) is 12.4. The van der Waals surface area contributed by atoms with E-state index in [4.69, 9.17) is 9.47 Å². The number of benzene rings is 2. The standard InChI is InChI=1S/C27H33N3O9/c1-4-38-23(31)15-21(19-10-12-20(13-11-19)30(36)37)24(26(33)34)29-25(32)22(14-17(2)3)28-27(35)39-16-18-8-6-5-7-9-18/h5-13,17,21-22,24H,4,14-16H2,1-3H3,(H,28,35)(H,29,32)(H,33,34)/t21-,22-,24-/m0/s1. The van der Waals surface area contributed by atoms with Crippen molar-refractivity contribution in [3.8, 4) is 0 Å². The second-order valence-corrected chi connectivity index (χ2v) is 9.18. The molecule has 0 unspecified atom stereocenters. The number of nitro benzene ring substituents is 1. The molecule has 39 heavy (non-hydrogen) atoms. The van der Waals surface area contributed by atoms with Crippen LogP contribution in [-0.4, -0.2) is 52.7 Å². The largest absolute Gasteiger partial charge is 0.480 e. The van der Waals surface area contributed by atoms with Gasteiger partial charge in [-0.1, -0.05) is 56.3 Å². The van der Waals surface area contributed by atoms with Gasteiger partial charge in [-0.05, 0) is 30.4 Å². The molecule has 0 saturated carbocycles. The topological polar surface area (TPSA) is 174 Å². The van der Waals surface area contributed by atoms with Gasteiger partial charge in [-0.2, -0.15) is 0 Å². The van der Waals surface area contributed by atoms with Crippen LogP contribution in [0.1, 0.15) is 50.7 Å². The zero-order valence-corrected chi connectivity index (χ0v) is 22.0. The highest BCUT2D eigenvalue weighted by atomic mass is 16.6. The number of carbonyl (C=O) groups is 4. The molecule has 0 heterocycles. The molecule has 12 nitrogen and oxygen atoms in total. The molecule has 210 valence electrons. The van der Waals surface area contributed by atoms with Crippen LogP contribution in [-0.2, 0) is 30.5 Å². The first-order chi connectivity index (χ1) is 18.5. The van der Waals surface area contributed by atoms with Gasteiger partial charge >= 0.3 is 18.0 Å². The van der Waals surface area contributed by atoms with Crippen molar-refractivity contribution in [2.45, 2.75) is 58.2 Å². The number of non-ortho nitro benzene ring substituents is 1. The van der Waals surface area contributed by atoms with Crippen LogP contribution in [0.25, 0.3) is 0 Å². The molecular weight excluding hydrogens is 510 g/mol. The summed E-state index contributed by atoms with van der Waals surface area (Å²) in [4.78, 5) is 60.7. The second kappa shape index (κ2) is 15.1. The van der Waals surface area contributed by atoms with Crippen molar-refractivity contribution in [3.63, 3.8) is 0 Å². The number of hydrogen-bond acceptors (Lipinski definition) is 8. The Balaban J connectivity index is 2.25. The molecule has 2 rings (SSSR count). The number of aliphatic carboxylic acids is 1. The minimum absolute atomic E-state index is 0.0256. The van der Waals surface area contributed by atoms with E-state index in [0.717, 1.165) is 5.56 Å². The Morgan fingerprint density at radius 3 is 2.15 bits per heavy atom. The van der Waals surface area contributed by atoms with Crippen LogP contribution in [0.3, 0.4) is 0 Å². The monoisotopic (exact) mass is 543 g/mol. The molecule has 3 atom stereocenters. The fourth-order valence-corrected chi connectivity index (χ4v) is 3.87. The Morgan fingerprint density at radius 2 is 1.62 bits per heavy atom. The summed E-state index contributed by atoms with van der Waals surface area (Å²) >= 11 is 0. The van der Waals surface area contributed by atoms with E-state index >= 15 is 0 Å². The number of rotatable bonds is 14. The number of esters is 1. The van der Waals surface area contributed by atoms with Crippen molar-refractivity contribution in [2.24, 2.45) is 5.92 Å². The Bertz CT molecular complexity index is 1140. The number of hydrogen-bond donors (Lipinski definition) is 3. The fraction of sp³-hybridized carbons (Fsp3) is 0.407. The van der Waals surface area contributed by atoms with Crippen LogP contribution >= 0.6 is 0 Å². The summed E-state index contributed by atoms with van der Waals surface area (Å²) < 4.78 is 10.2. The average Bonchev–Trinajstić information content (AvgIpc) is 2.89. The van der Waals surface area contributed by atoms with E-state index in [2.05, 4.69) is 10.6 Å². The summed E-state index contributed by atoms with van der Waals surface area (Å²) in [7, 11) is 0. The van der Waals surface area contributed by atoms with Crippen LogP contribution in [0.2, 0.25) is 0 Å². The van der Waals surface area contributed by atoms with Crippen LogP contribution in [0, 0.1) is 16.0 Å². The molecule has 0 bridgehead atoms. The molecule has 2 aromatic carbocycles. The normalized spacial score (nSPS) is 13.0. The molecule has 2 aromatic rings. The van der Waals surface area contributed by atoms with E-state index in [1.165, 1.54) is 24.3 Å². The summed E-state index contributed by atoms with van der Waals surface area (Å²) in [6.07, 6.45) is -1.09. The smallest absolute Gasteiger partial charge is 0.408 e. The van der Waals surface area contributed by atoms with Gasteiger partial charge in [-0.25, -0.2) is 9.59 Å². The number of nitrogens with zero attached hydrogens (tertiary/aromatic N) is 1. The highest BCUT2D eigenvalue weighted by molar-refractivity contribution is 5.90. The van der Waals surface area contributed by atoms with E-state index in [0.29, 0.717) is 0 Å². The van der Waals surface area contributed by atoms with Crippen LogP contribution < -0.4 is 10.6 Å². The van der Waals surface area contributed by atoms with E-state index < -0.39 is 53.3 Å². The van der Waals surface area contributed by atoms with Crippen LogP contribution in [0.15, 0.2) is 54.6 Å². The summed E-state index contributed by atoms with van der Waals surface area (Å²) in [6.45, 7) is 5.27. The number of ether oxygens (including phenoxy) is 2. The molecule has 0 aliphatic rings. The second-order valence-electron chi connectivity index (χ2n) is 9.18. The maximum atomic E-state index is 13.2. The summed E-state index contributed by atoms with van der Waals surface area (Å²) in [5, 5.41) is 26.0. The first kappa shape index (κ1) is 30.7. The van der Waals surface area contributed by atoms with Crippen molar-refractivity contribution < 1.29 is 38.7 Å². The number of alkyl carbamates (subject to hydrolysis) is 1. The van der Waals surface area contributed by atoms with Gasteiger partial charge in [-0.15, -0.1) is 0 Å². The third kappa shape index (κ3) is 10.1. The Hall–Kier alpha value is -4.48. The molecule has 2 amide bonds. The van der Waals surface area contributed by atoms with Crippen molar-refractivity contribution in [1.29, 1.82) is 0 Å². The summed E-state index contributed by atoms with van der Waals surface area (Å²) in [5.41, 5.74) is 0.796. The summed E-state index contributed by atoms with van der Waals surface area (Å²) in [5.74, 6) is -4.10. The van der Waals surface area contributed by atoms with Gasteiger partial charge in [0, 0.05) is 18.1 Å². The summed E-state index contributed by atoms with van der Waals surface area (Å²) in [6, 6.07) is 11.2. The molecule has 0 fully saturated rings. The molecule has 0 radical (unpaired) electrons. The lowest BCUT2D eigenvalue weighted by molar-refractivity contribution is -0.384. The average molecular weight is 544 g/mol. The molecule has 12 heteroatoms. The minimum atomic E-state index is -1.61. The SMILES string of the molecule is CCOC(=O)C[C@@H](c1ccc([N+](=O)[O-])cc1)[C@H](NC(=O)[C@H](CC(C)C)NC(=O)OCc1ccccc1)C(=O)O. The highest BCUT2D eigenvalue weighted by Gasteiger charge is 2.35. The lowest BCUT2D eigenvalue weighted by Crippen LogP contribution is -2.54. The molecular formula is C27H33N3O9. The predicted molar refractivity (Wildman–Crippen MR) is 140 cm³/mol. The van der Waals surface area contributed by atoms with Crippen LogP contribution in [0.4, 0.5) is 10.5 Å².